The Balaban J connectivity index is 2.18. The molecule has 1 heterocycles. The summed E-state index contributed by atoms with van der Waals surface area (Å²) in [6.45, 7) is 1.54. The smallest absolute Gasteiger partial charge is 0.131 e. The quantitative estimate of drug-likeness (QED) is 0.532. The van der Waals surface area contributed by atoms with Crippen molar-refractivity contribution in [2.45, 2.75) is 0 Å². The molecule has 4 N–H and O–H groups in total. The topological polar surface area (TPSA) is 93.3 Å². The third kappa shape index (κ3) is 4.01. The lowest BCUT2D eigenvalue weighted by molar-refractivity contribution is 0.0992. The average molecular weight is 198 g/mol. The summed E-state index contributed by atoms with van der Waals surface area (Å²) in [7, 11) is 0. The van der Waals surface area contributed by atoms with Crippen molar-refractivity contribution in [3.8, 4) is 0 Å². The number of nitrogens with two attached hydrogens (primary N) is 1. The molecule has 0 atom stereocenters. The summed E-state index contributed by atoms with van der Waals surface area (Å²) in [5.41, 5.74) is 5.46. The molecule has 1 rings (SSSR count). The number of nitrogens with zero attached hydrogens (tertiary/aromatic N) is 2. The van der Waals surface area contributed by atoms with Gasteiger partial charge < -0.3 is 20.9 Å². The van der Waals surface area contributed by atoms with Crippen LogP contribution < -0.4 is 11.1 Å². The zero-order valence-electron chi connectivity index (χ0n) is 7.81. The number of rotatable bonds is 6. The van der Waals surface area contributed by atoms with E-state index in [1.54, 1.807) is 6.07 Å². The van der Waals surface area contributed by atoms with Gasteiger partial charge in [0.25, 0.3) is 0 Å². The Morgan fingerprint density at radius 2 is 2.29 bits per heavy atom. The molecule has 0 aliphatic carbocycles. The normalized spacial score (nSPS) is 10.1. The van der Waals surface area contributed by atoms with Crippen LogP contribution in [0.4, 0.5) is 11.6 Å². The minimum absolute atomic E-state index is 0.0421. The summed E-state index contributed by atoms with van der Waals surface area (Å²) in [5.74, 6) is 1.10. The molecule has 0 amide bonds. The van der Waals surface area contributed by atoms with Crippen molar-refractivity contribution < 1.29 is 9.84 Å². The fraction of sp³-hybridized carbons (Fsp3) is 0.500. The Labute approximate surface area is 82.1 Å². The standard InChI is InChI=1S/C8H14N4O2/c9-7-5-8(12-6-11-7)10-1-3-14-4-2-13/h5-6,13H,1-4H2,(H3,9,10,11,12). The fourth-order valence-corrected chi connectivity index (χ4v) is 0.887. The van der Waals surface area contributed by atoms with Gasteiger partial charge in [0.15, 0.2) is 0 Å². The zero-order chi connectivity index (χ0) is 10.2. The van der Waals surface area contributed by atoms with E-state index in [9.17, 15) is 0 Å². The SMILES string of the molecule is Nc1cc(NCCOCCO)ncn1. The van der Waals surface area contributed by atoms with E-state index >= 15 is 0 Å². The van der Waals surface area contributed by atoms with Gasteiger partial charge >= 0.3 is 0 Å². The fourth-order valence-electron chi connectivity index (χ4n) is 0.887. The van der Waals surface area contributed by atoms with Crippen molar-refractivity contribution in [3.63, 3.8) is 0 Å². The molecule has 14 heavy (non-hydrogen) atoms. The van der Waals surface area contributed by atoms with Crippen LogP contribution in [0.3, 0.4) is 0 Å². The maximum absolute atomic E-state index is 8.44. The van der Waals surface area contributed by atoms with Crippen molar-refractivity contribution in [1.82, 2.24) is 9.97 Å². The Bertz CT molecular complexity index is 269. The molecular weight excluding hydrogens is 184 g/mol. The molecule has 0 aromatic carbocycles. The van der Waals surface area contributed by atoms with Gasteiger partial charge in [-0.15, -0.1) is 0 Å². The van der Waals surface area contributed by atoms with E-state index in [0.29, 0.717) is 31.4 Å². The predicted molar refractivity (Wildman–Crippen MR) is 52.8 cm³/mol. The summed E-state index contributed by atoms with van der Waals surface area (Å²) in [6.07, 6.45) is 1.40. The van der Waals surface area contributed by atoms with Crippen LogP contribution in [0.2, 0.25) is 0 Å². The van der Waals surface area contributed by atoms with Gasteiger partial charge in [-0.1, -0.05) is 0 Å². The number of nitrogen functional groups attached to an aromatic ring is 1. The van der Waals surface area contributed by atoms with Gasteiger partial charge in [0.1, 0.15) is 18.0 Å². The first-order valence-corrected chi connectivity index (χ1v) is 4.33. The minimum atomic E-state index is 0.0421. The van der Waals surface area contributed by atoms with Crippen LogP contribution >= 0.6 is 0 Å². The molecule has 0 bridgehead atoms. The van der Waals surface area contributed by atoms with E-state index in [4.69, 9.17) is 15.6 Å². The first-order chi connectivity index (χ1) is 6.83. The molecule has 0 radical (unpaired) electrons. The van der Waals surface area contributed by atoms with Crippen molar-refractivity contribution >= 4 is 11.6 Å². The summed E-state index contributed by atoms with van der Waals surface area (Å²) >= 11 is 0. The number of anilines is 2. The highest BCUT2D eigenvalue weighted by molar-refractivity contribution is 5.42. The molecule has 6 heteroatoms. The molecule has 6 nitrogen and oxygen atoms in total. The van der Waals surface area contributed by atoms with Crippen molar-refractivity contribution in [2.75, 3.05) is 37.4 Å². The molecule has 0 spiro atoms. The Morgan fingerprint density at radius 3 is 3.00 bits per heavy atom. The van der Waals surface area contributed by atoms with Gasteiger partial charge in [-0.3, -0.25) is 0 Å². The zero-order valence-corrected chi connectivity index (χ0v) is 7.81. The molecule has 0 fully saturated rings. The first kappa shape index (κ1) is 10.7. The van der Waals surface area contributed by atoms with Crippen LogP contribution in [0, 0.1) is 0 Å². The number of nitrogens with one attached hydrogen (secondary N) is 1. The number of ether oxygens (including phenoxy) is 1. The van der Waals surface area contributed by atoms with Gasteiger partial charge in [-0.05, 0) is 0 Å². The van der Waals surface area contributed by atoms with Crippen molar-refractivity contribution in [3.05, 3.63) is 12.4 Å². The largest absolute Gasteiger partial charge is 0.394 e. The van der Waals surface area contributed by atoms with Crippen LogP contribution in [0.25, 0.3) is 0 Å². The van der Waals surface area contributed by atoms with E-state index in [2.05, 4.69) is 15.3 Å². The molecule has 0 unspecified atom stereocenters. The van der Waals surface area contributed by atoms with E-state index in [1.807, 2.05) is 0 Å². The maximum atomic E-state index is 8.44. The number of hydrogen-bond acceptors (Lipinski definition) is 6. The molecular formula is C8H14N4O2. The number of hydrogen-bond donors (Lipinski definition) is 3. The molecule has 0 aliphatic rings. The van der Waals surface area contributed by atoms with Crippen LogP contribution in [-0.4, -0.2) is 41.4 Å². The number of aliphatic hydroxyl groups is 1. The summed E-state index contributed by atoms with van der Waals surface area (Å²) in [4.78, 5) is 7.71. The van der Waals surface area contributed by atoms with Crippen molar-refractivity contribution in [2.24, 2.45) is 0 Å². The van der Waals surface area contributed by atoms with Crippen molar-refractivity contribution in [1.29, 1.82) is 0 Å². The second-order valence-corrected chi connectivity index (χ2v) is 2.59. The lowest BCUT2D eigenvalue weighted by atomic mass is 10.5. The van der Waals surface area contributed by atoms with E-state index in [-0.39, 0.29) is 6.61 Å². The van der Waals surface area contributed by atoms with Crippen LogP contribution in [-0.2, 0) is 4.74 Å². The van der Waals surface area contributed by atoms with E-state index < -0.39 is 0 Å². The second-order valence-electron chi connectivity index (χ2n) is 2.59. The molecule has 0 aliphatic heterocycles. The van der Waals surface area contributed by atoms with Crippen LogP contribution in [0.1, 0.15) is 0 Å². The van der Waals surface area contributed by atoms with Gasteiger partial charge in [-0.25, -0.2) is 9.97 Å². The molecule has 1 aromatic heterocycles. The lowest BCUT2D eigenvalue weighted by Gasteiger charge is -2.05. The number of aromatic nitrogens is 2. The maximum Gasteiger partial charge on any atom is 0.131 e. The van der Waals surface area contributed by atoms with Gasteiger partial charge in [-0.2, -0.15) is 0 Å². The van der Waals surface area contributed by atoms with Crippen LogP contribution in [0.5, 0.6) is 0 Å². The lowest BCUT2D eigenvalue weighted by Crippen LogP contribution is -2.12. The van der Waals surface area contributed by atoms with Gasteiger partial charge in [0.2, 0.25) is 0 Å². The predicted octanol–water partition coefficient (Wildman–Crippen LogP) is -0.520. The average Bonchev–Trinajstić information content (AvgIpc) is 2.18. The Morgan fingerprint density at radius 1 is 1.43 bits per heavy atom. The second kappa shape index (κ2) is 6.11. The summed E-state index contributed by atoms with van der Waals surface area (Å²) in [5, 5.41) is 11.4. The summed E-state index contributed by atoms with van der Waals surface area (Å²) < 4.78 is 5.05. The minimum Gasteiger partial charge on any atom is -0.394 e. The summed E-state index contributed by atoms with van der Waals surface area (Å²) in [6, 6.07) is 1.64. The highest BCUT2D eigenvalue weighted by Crippen LogP contribution is 2.03. The Hall–Kier alpha value is -1.40. The van der Waals surface area contributed by atoms with E-state index in [1.165, 1.54) is 6.33 Å². The highest BCUT2D eigenvalue weighted by atomic mass is 16.5. The molecule has 1 aromatic rings. The van der Waals surface area contributed by atoms with Gasteiger partial charge in [0.05, 0.1) is 19.8 Å². The first-order valence-electron chi connectivity index (χ1n) is 4.33. The third-order valence-electron chi connectivity index (χ3n) is 1.48. The molecule has 0 saturated carbocycles. The third-order valence-corrected chi connectivity index (χ3v) is 1.48. The monoisotopic (exact) mass is 198 g/mol. The molecule has 0 saturated heterocycles. The Kier molecular flexibility index (Phi) is 4.66. The highest BCUT2D eigenvalue weighted by Gasteiger charge is 1.94. The van der Waals surface area contributed by atoms with Gasteiger partial charge in [0, 0.05) is 12.6 Å². The van der Waals surface area contributed by atoms with E-state index in [0.717, 1.165) is 0 Å². The number of aliphatic hydroxyl groups excluding tert-OH is 1. The molecule has 78 valence electrons. The van der Waals surface area contributed by atoms with Crippen LogP contribution in [0.15, 0.2) is 12.4 Å².